The number of fused-ring (bicyclic) bond motifs is 2. The molecule has 0 aromatic heterocycles. The summed E-state index contributed by atoms with van der Waals surface area (Å²) in [5.41, 5.74) is 8.41. The summed E-state index contributed by atoms with van der Waals surface area (Å²) in [5.74, 6) is -6.14. The Balaban J connectivity index is 1.09. The number of halogens is 3. The average molecular weight is 920 g/mol. The summed E-state index contributed by atoms with van der Waals surface area (Å²) in [7, 11) is 0. The van der Waals surface area contributed by atoms with Gasteiger partial charge in [0.1, 0.15) is 23.9 Å². The lowest BCUT2D eigenvalue weighted by molar-refractivity contribution is -0.189. The van der Waals surface area contributed by atoms with Gasteiger partial charge in [-0.2, -0.15) is 13.2 Å². The zero-order valence-electron chi connectivity index (χ0n) is 37.2. The van der Waals surface area contributed by atoms with Gasteiger partial charge in [-0.05, 0) is 74.1 Å². The van der Waals surface area contributed by atoms with E-state index in [4.69, 9.17) is 5.73 Å². The summed E-state index contributed by atoms with van der Waals surface area (Å²) in [6.07, 6.45) is -3.35. The first-order valence-electron chi connectivity index (χ1n) is 21.9. The molecule has 16 nitrogen and oxygen atoms in total. The van der Waals surface area contributed by atoms with Gasteiger partial charge < -0.3 is 42.0 Å². The minimum atomic E-state index is -5.17. The zero-order chi connectivity index (χ0) is 48.3. The number of ketones is 2. The molecule has 3 aromatic carbocycles. The number of ether oxygens (including phenoxy) is 1. The Labute approximate surface area is 380 Å². The molecule has 0 unspecified atom stereocenters. The van der Waals surface area contributed by atoms with Crippen LogP contribution in [-0.4, -0.2) is 108 Å². The number of amides is 5. The van der Waals surface area contributed by atoms with Crippen LogP contribution in [0.3, 0.4) is 0 Å². The van der Waals surface area contributed by atoms with Crippen LogP contribution in [0.5, 0.6) is 5.75 Å². The Morgan fingerprint density at radius 2 is 1.41 bits per heavy atom. The minimum Gasteiger partial charge on any atom is -0.420 e. The molecule has 1 aliphatic carbocycles. The predicted molar refractivity (Wildman–Crippen MR) is 236 cm³/mol. The lowest BCUT2D eigenvalue weighted by Crippen LogP contribution is -2.56. The Hall–Kier alpha value is -6.63. The monoisotopic (exact) mass is 919 g/mol. The van der Waals surface area contributed by atoms with Crippen molar-refractivity contribution in [2.24, 2.45) is 17.6 Å². The molecule has 0 radical (unpaired) electrons. The maximum Gasteiger partial charge on any atom is 0.491 e. The highest BCUT2D eigenvalue weighted by molar-refractivity contribution is 6.30. The van der Waals surface area contributed by atoms with Gasteiger partial charge in [-0.1, -0.05) is 76.2 Å². The second-order valence-electron chi connectivity index (χ2n) is 17.2. The number of hydrogen-bond donors (Lipinski definition) is 6. The molecule has 4 atom stereocenters. The van der Waals surface area contributed by atoms with Gasteiger partial charge in [-0.3, -0.25) is 33.6 Å². The number of carbonyl (C=O) groups excluding carboxylic acids is 8. The van der Waals surface area contributed by atoms with Crippen molar-refractivity contribution in [3.63, 3.8) is 0 Å². The van der Waals surface area contributed by atoms with E-state index in [1.807, 2.05) is 27.7 Å². The Morgan fingerprint density at radius 1 is 0.773 bits per heavy atom. The van der Waals surface area contributed by atoms with Crippen molar-refractivity contribution in [2.45, 2.75) is 96.6 Å². The smallest absolute Gasteiger partial charge is 0.420 e. The van der Waals surface area contributed by atoms with E-state index < -0.39 is 66.5 Å². The van der Waals surface area contributed by atoms with Crippen LogP contribution >= 0.6 is 0 Å². The van der Waals surface area contributed by atoms with Crippen molar-refractivity contribution in [2.75, 3.05) is 31.5 Å². The van der Waals surface area contributed by atoms with Crippen LogP contribution in [0, 0.1) is 11.8 Å². The highest BCUT2D eigenvalue weighted by atomic mass is 19.4. The number of hydrogen-bond acceptors (Lipinski definition) is 11. The van der Waals surface area contributed by atoms with E-state index in [1.165, 1.54) is 17.0 Å². The minimum absolute atomic E-state index is 0.0331. The number of nitrogens with two attached hydrogens (primary N) is 1. The fraction of sp³-hybridized carbons (Fsp3) is 0.447. The van der Waals surface area contributed by atoms with Crippen LogP contribution in [0.25, 0.3) is 0 Å². The van der Waals surface area contributed by atoms with Gasteiger partial charge in [-0.15, -0.1) is 0 Å². The Bertz CT molecular complexity index is 2300. The molecule has 1 heterocycles. The van der Waals surface area contributed by atoms with E-state index in [9.17, 15) is 51.5 Å². The van der Waals surface area contributed by atoms with Gasteiger partial charge >= 0.3 is 12.1 Å². The maximum atomic E-state index is 13.9. The molecular weight excluding hydrogens is 864 g/mol. The topological polar surface area (TPSA) is 235 Å². The van der Waals surface area contributed by atoms with E-state index >= 15 is 0 Å². The molecule has 3 aromatic rings. The summed E-state index contributed by atoms with van der Waals surface area (Å²) in [5, 5.41) is 14.0. The van der Waals surface area contributed by atoms with Gasteiger partial charge in [0, 0.05) is 42.0 Å². The van der Waals surface area contributed by atoms with Crippen LogP contribution in [0.4, 0.5) is 18.9 Å². The van der Waals surface area contributed by atoms with Gasteiger partial charge in [0.25, 0.3) is 0 Å². The second-order valence-corrected chi connectivity index (χ2v) is 17.2. The highest BCUT2D eigenvalue weighted by Gasteiger charge is 2.42. The van der Waals surface area contributed by atoms with E-state index in [0.29, 0.717) is 65.9 Å². The van der Waals surface area contributed by atoms with Gasteiger partial charge in [0.15, 0.2) is 11.6 Å². The fourth-order valence-electron chi connectivity index (χ4n) is 7.85. The van der Waals surface area contributed by atoms with Crippen LogP contribution in [0.15, 0.2) is 66.7 Å². The van der Waals surface area contributed by atoms with Crippen molar-refractivity contribution in [1.29, 1.82) is 0 Å². The van der Waals surface area contributed by atoms with E-state index in [1.54, 1.807) is 42.5 Å². The molecule has 1 saturated heterocycles. The Morgan fingerprint density at radius 3 is 2.06 bits per heavy atom. The van der Waals surface area contributed by atoms with E-state index in [0.717, 1.165) is 12.1 Å². The predicted octanol–water partition coefficient (Wildman–Crippen LogP) is 3.59. The average Bonchev–Trinajstić information content (AvgIpc) is 3.77. The summed E-state index contributed by atoms with van der Waals surface area (Å²) >= 11 is 0. The summed E-state index contributed by atoms with van der Waals surface area (Å²) in [4.78, 5) is 106. The van der Waals surface area contributed by atoms with Crippen LogP contribution in [-0.2, 0) is 35.2 Å². The number of carbonyl (C=O) groups is 8. The van der Waals surface area contributed by atoms with Crippen LogP contribution in [0.1, 0.15) is 97.2 Å². The number of likely N-dealkylation sites (tertiary alicyclic amines) is 1. The van der Waals surface area contributed by atoms with E-state index in [2.05, 4.69) is 31.3 Å². The highest BCUT2D eigenvalue weighted by Crippen LogP contribution is 2.32. The van der Waals surface area contributed by atoms with Crippen molar-refractivity contribution in [1.82, 2.24) is 26.2 Å². The van der Waals surface area contributed by atoms with Gasteiger partial charge in [0.2, 0.25) is 29.5 Å². The maximum absolute atomic E-state index is 13.9. The number of nitrogens with one attached hydrogen (secondary N) is 5. The molecule has 0 bridgehead atoms. The van der Waals surface area contributed by atoms with Crippen LogP contribution in [0.2, 0.25) is 0 Å². The van der Waals surface area contributed by atoms with Crippen molar-refractivity contribution >= 4 is 52.8 Å². The molecule has 354 valence electrons. The lowest BCUT2D eigenvalue weighted by atomic mass is 9.83. The van der Waals surface area contributed by atoms with Crippen molar-refractivity contribution in [3.05, 3.63) is 94.5 Å². The Kier molecular flexibility index (Phi) is 17.2. The quantitative estimate of drug-likeness (QED) is 0.0426. The van der Waals surface area contributed by atoms with Crippen LogP contribution < -0.4 is 37.1 Å². The standard InChI is InChI=1S/C47H56F3N7O9/c1-26(2)22-35(56-42(61)33(51)24-28-15-17-29(18-16-28)66-46(65)47(48,49)50)43(62)54-25-38(58)55-36(23-27(3)4)45(64)57-21-8-14-37(57)44(63)53-20-9-19-52-34-13-7-12-32-39(34)41(60)31-11-6-5-10-30(31)40(32)59/h5-7,10-13,15-18,26-27,33,35-37,52H,8-9,14,19-25,51H2,1-4H3,(H,53,63)(H,54,62)(H,55,58)(H,56,61)/t33-,35-,36-,37-/m0/s1. The normalized spacial score (nSPS) is 15.8. The van der Waals surface area contributed by atoms with Crippen molar-refractivity contribution in [3.8, 4) is 5.75 Å². The number of esters is 1. The third-order valence-corrected chi connectivity index (χ3v) is 11.0. The molecule has 19 heteroatoms. The molecule has 5 rings (SSSR count). The third kappa shape index (κ3) is 13.2. The fourth-order valence-corrected chi connectivity index (χ4v) is 7.85. The first kappa shape index (κ1) is 50.4. The molecule has 2 aliphatic rings. The molecular formula is C47H56F3N7O9. The molecule has 0 spiro atoms. The second kappa shape index (κ2) is 22.5. The number of rotatable bonds is 20. The molecule has 7 N–H and O–H groups in total. The van der Waals surface area contributed by atoms with Gasteiger partial charge in [-0.25, -0.2) is 4.79 Å². The largest absolute Gasteiger partial charge is 0.491 e. The first-order chi connectivity index (χ1) is 31.2. The number of alkyl halides is 3. The first-order valence-corrected chi connectivity index (χ1v) is 21.9. The number of benzene rings is 3. The summed E-state index contributed by atoms with van der Waals surface area (Å²) < 4.78 is 41.9. The molecule has 0 saturated carbocycles. The van der Waals surface area contributed by atoms with Gasteiger partial charge in [0.05, 0.1) is 18.2 Å². The summed E-state index contributed by atoms with van der Waals surface area (Å²) in [6, 6.07) is 12.7. The third-order valence-electron chi connectivity index (χ3n) is 11.0. The lowest BCUT2D eigenvalue weighted by Gasteiger charge is -2.29. The molecule has 1 fully saturated rings. The number of nitrogens with zero attached hydrogens (tertiary/aromatic N) is 1. The zero-order valence-corrected chi connectivity index (χ0v) is 37.2. The van der Waals surface area contributed by atoms with E-state index in [-0.39, 0.29) is 60.9 Å². The SMILES string of the molecule is CC(C)C[C@H](NC(=O)[C@@H](N)Cc1ccc(OC(=O)C(F)(F)F)cc1)C(=O)NCC(=O)N[C@@H](CC(C)C)C(=O)N1CCC[C@H]1C(=O)NCCCNc1cccc2c1C(=O)c1ccccc1C2=O. The summed E-state index contributed by atoms with van der Waals surface area (Å²) in [6.45, 7) is 7.82. The molecule has 5 amide bonds. The molecule has 66 heavy (non-hydrogen) atoms. The van der Waals surface area contributed by atoms with Crippen molar-refractivity contribution < 1.29 is 56.3 Å². The molecule has 1 aliphatic heterocycles. The number of anilines is 1.